The third-order valence-electron chi connectivity index (χ3n) is 5.60. The van der Waals surface area contributed by atoms with Crippen molar-refractivity contribution in [3.63, 3.8) is 0 Å². The van der Waals surface area contributed by atoms with Crippen LogP contribution in [0.2, 0.25) is 18.1 Å². The van der Waals surface area contributed by atoms with Gasteiger partial charge in [0.05, 0.1) is 25.2 Å². The molecule has 0 N–H and O–H groups in total. The second-order valence-electron chi connectivity index (χ2n) is 9.74. The van der Waals surface area contributed by atoms with Crippen molar-refractivity contribution in [3.05, 3.63) is 0 Å². The Hall–Kier alpha value is -0.873. The Bertz CT molecular complexity index is 547. The van der Waals surface area contributed by atoms with Gasteiger partial charge in [0.15, 0.2) is 14.6 Å². The van der Waals surface area contributed by atoms with Gasteiger partial charge in [-0.25, -0.2) is 0 Å². The molecule has 0 saturated carbocycles. The summed E-state index contributed by atoms with van der Waals surface area (Å²) >= 11 is 0. The lowest BCUT2D eigenvalue weighted by Crippen LogP contribution is -2.45. The van der Waals surface area contributed by atoms with E-state index in [1.54, 1.807) is 0 Å². The molecule has 1 fully saturated rings. The minimum Gasteiger partial charge on any atom is -0.469 e. The van der Waals surface area contributed by atoms with Crippen molar-refractivity contribution in [2.24, 2.45) is 5.41 Å². The van der Waals surface area contributed by atoms with E-state index in [1.807, 2.05) is 13.8 Å². The van der Waals surface area contributed by atoms with Gasteiger partial charge < -0.3 is 18.6 Å². The highest BCUT2D eigenvalue weighted by molar-refractivity contribution is 6.74. The molecule has 0 aliphatic carbocycles. The standard InChI is InChI=1S/C22H40O5Si/c1-21(2,3)28(7,8)27-18(17-26-19-14-10-12-16-25-19)13-9-11-15-22(4,5)20(23)24-6/h18-19H,10,12-17H2,1-8H3. The molecule has 0 aromatic rings. The van der Waals surface area contributed by atoms with E-state index >= 15 is 0 Å². The maximum Gasteiger partial charge on any atom is 0.312 e. The first-order valence-electron chi connectivity index (χ1n) is 10.3. The number of hydrogen-bond donors (Lipinski definition) is 0. The second kappa shape index (κ2) is 10.8. The lowest BCUT2D eigenvalue weighted by Gasteiger charge is -2.39. The van der Waals surface area contributed by atoms with Gasteiger partial charge in [0.25, 0.3) is 0 Å². The van der Waals surface area contributed by atoms with Crippen LogP contribution in [0.4, 0.5) is 0 Å². The number of rotatable bonds is 8. The van der Waals surface area contributed by atoms with Crippen LogP contribution < -0.4 is 0 Å². The van der Waals surface area contributed by atoms with Gasteiger partial charge in [-0.1, -0.05) is 20.8 Å². The van der Waals surface area contributed by atoms with Gasteiger partial charge in [0, 0.05) is 19.4 Å². The molecule has 28 heavy (non-hydrogen) atoms. The molecule has 0 radical (unpaired) electrons. The second-order valence-corrected chi connectivity index (χ2v) is 14.5. The van der Waals surface area contributed by atoms with E-state index in [4.69, 9.17) is 18.6 Å². The van der Waals surface area contributed by atoms with E-state index in [9.17, 15) is 4.79 Å². The summed E-state index contributed by atoms with van der Waals surface area (Å²) < 4.78 is 23.1. The normalized spacial score (nSPS) is 19.5. The van der Waals surface area contributed by atoms with E-state index in [1.165, 1.54) is 7.11 Å². The average Bonchev–Trinajstić information content (AvgIpc) is 2.62. The fraction of sp³-hybridized carbons (Fsp3) is 0.864. The minimum atomic E-state index is -1.94. The van der Waals surface area contributed by atoms with Crippen molar-refractivity contribution in [2.45, 2.75) is 97.2 Å². The van der Waals surface area contributed by atoms with Gasteiger partial charge in [-0.15, -0.1) is 11.8 Å². The fourth-order valence-corrected chi connectivity index (χ4v) is 3.94. The molecule has 0 bridgehead atoms. The predicted molar refractivity (Wildman–Crippen MR) is 114 cm³/mol. The molecule has 1 aliphatic rings. The average molecular weight is 413 g/mol. The van der Waals surface area contributed by atoms with E-state index in [0.717, 1.165) is 25.9 Å². The first kappa shape index (κ1) is 25.2. The van der Waals surface area contributed by atoms with E-state index in [-0.39, 0.29) is 23.4 Å². The summed E-state index contributed by atoms with van der Waals surface area (Å²) in [5.41, 5.74) is -0.607. The Labute approximate surface area is 173 Å². The summed E-state index contributed by atoms with van der Waals surface area (Å²) in [5, 5.41) is 0.118. The molecule has 5 nitrogen and oxygen atoms in total. The summed E-state index contributed by atoms with van der Waals surface area (Å²) in [4.78, 5) is 11.8. The van der Waals surface area contributed by atoms with Gasteiger partial charge in [-0.2, -0.15) is 0 Å². The largest absolute Gasteiger partial charge is 0.469 e. The highest BCUT2D eigenvalue weighted by atomic mass is 28.4. The topological polar surface area (TPSA) is 54.0 Å². The van der Waals surface area contributed by atoms with Crippen LogP contribution in [0.15, 0.2) is 0 Å². The van der Waals surface area contributed by atoms with E-state index in [2.05, 4.69) is 45.7 Å². The lowest BCUT2D eigenvalue weighted by atomic mass is 9.90. The Balaban J connectivity index is 2.72. The number of ether oxygens (including phenoxy) is 3. The molecule has 2 unspecified atom stereocenters. The molecule has 6 heteroatoms. The maximum absolute atomic E-state index is 11.8. The summed E-state index contributed by atoms with van der Waals surface area (Å²) in [6.45, 7) is 16.1. The summed E-state index contributed by atoms with van der Waals surface area (Å²) in [7, 11) is -0.530. The van der Waals surface area contributed by atoms with Gasteiger partial charge in [-0.05, 0) is 51.2 Å². The van der Waals surface area contributed by atoms with Gasteiger partial charge in [0.1, 0.15) is 0 Å². The van der Waals surface area contributed by atoms with Gasteiger partial charge in [-0.3, -0.25) is 4.79 Å². The smallest absolute Gasteiger partial charge is 0.312 e. The first-order valence-corrected chi connectivity index (χ1v) is 13.2. The monoisotopic (exact) mass is 412 g/mol. The third kappa shape index (κ3) is 8.24. The van der Waals surface area contributed by atoms with Gasteiger partial charge in [0.2, 0.25) is 0 Å². The van der Waals surface area contributed by atoms with Crippen LogP contribution in [0.3, 0.4) is 0 Å². The molecule has 0 spiro atoms. The number of methoxy groups -OCH3 is 1. The van der Waals surface area contributed by atoms with Crippen molar-refractivity contribution in [3.8, 4) is 11.8 Å². The molecule has 0 aromatic heterocycles. The number of carbonyl (C=O) groups excluding carboxylic acids is 1. The Morgan fingerprint density at radius 2 is 1.86 bits per heavy atom. The van der Waals surface area contributed by atoms with Crippen molar-refractivity contribution in [1.29, 1.82) is 0 Å². The van der Waals surface area contributed by atoms with Crippen molar-refractivity contribution in [1.82, 2.24) is 0 Å². The van der Waals surface area contributed by atoms with Crippen molar-refractivity contribution >= 4 is 14.3 Å². The van der Waals surface area contributed by atoms with Crippen LogP contribution in [0.5, 0.6) is 0 Å². The molecule has 162 valence electrons. The predicted octanol–water partition coefficient (Wildman–Crippen LogP) is 4.90. The Morgan fingerprint density at radius 3 is 2.39 bits per heavy atom. The van der Waals surface area contributed by atoms with Crippen molar-refractivity contribution < 1.29 is 23.4 Å². The van der Waals surface area contributed by atoms with Crippen LogP contribution >= 0.6 is 0 Å². The Kier molecular flexibility index (Phi) is 9.68. The molecule has 0 aromatic carbocycles. The molecule has 1 aliphatic heterocycles. The lowest BCUT2D eigenvalue weighted by molar-refractivity contribution is -0.173. The fourth-order valence-electron chi connectivity index (χ4n) is 2.60. The highest BCUT2D eigenvalue weighted by Gasteiger charge is 2.39. The Morgan fingerprint density at radius 1 is 1.18 bits per heavy atom. The van der Waals surface area contributed by atoms with Crippen LogP contribution in [0.1, 0.15) is 66.7 Å². The molecular weight excluding hydrogens is 372 g/mol. The van der Waals surface area contributed by atoms with Gasteiger partial charge >= 0.3 is 5.97 Å². The van der Waals surface area contributed by atoms with E-state index < -0.39 is 13.7 Å². The zero-order valence-electron chi connectivity index (χ0n) is 19.1. The minimum absolute atomic E-state index is 0.0971. The summed E-state index contributed by atoms with van der Waals surface area (Å²) in [6, 6.07) is 0. The summed E-state index contributed by atoms with van der Waals surface area (Å²) in [5.74, 6) is 6.09. The first-order chi connectivity index (χ1) is 12.9. The maximum atomic E-state index is 11.8. The zero-order chi connectivity index (χ0) is 21.4. The molecule has 1 rings (SSSR count). The molecular formula is C22H40O5Si. The molecule has 1 heterocycles. The quantitative estimate of drug-likeness (QED) is 0.322. The summed E-state index contributed by atoms with van der Waals surface area (Å²) in [6.07, 6.45) is 3.98. The molecule has 1 saturated heterocycles. The number of hydrogen-bond acceptors (Lipinski definition) is 5. The number of esters is 1. The zero-order valence-corrected chi connectivity index (χ0v) is 20.1. The molecule has 0 amide bonds. The number of carbonyl (C=O) groups is 1. The highest BCUT2D eigenvalue weighted by Crippen LogP contribution is 2.37. The van der Waals surface area contributed by atoms with Crippen molar-refractivity contribution in [2.75, 3.05) is 20.3 Å². The third-order valence-corrected chi connectivity index (χ3v) is 10.1. The van der Waals surface area contributed by atoms with Crippen LogP contribution in [0.25, 0.3) is 0 Å². The van der Waals surface area contributed by atoms with Crippen LogP contribution in [0, 0.1) is 17.3 Å². The SMILES string of the molecule is COC(=O)C(C)(C)CC#CCC(COC1CCCCO1)O[Si](C)(C)C(C)(C)C. The van der Waals surface area contributed by atoms with E-state index in [0.29, 0.717) is 19.4 Å². The molecule has 2 atom stereocenters. The van der Waals surface area contributed by atoms with Crippen LogP contribution in [-0.4, -0.2) is 47.0 Å². The van der Waals surface area contributed by atoms with Crippen LogP contribution in [-0.2, 0) is 23.4 Å².